The van der Waals surface area contributed by atoms with Gasteiger partial charge < -0.3 is 15.3 Å². The first-order chi connectivity index (χ1) is 17.6. The molecule has 0 heterocycles. The van der Waals surface area contributed by atoms with Crippen molar-refractivity contribution >= 4 is 0 Å². The third-order valence-corrected chi connectivity index (χ3v) is 11.2. The van der Waals surface area contributed by atoms with E-state index in [0.29, 0.717) is 41.6 Å². The quantitative estimate of drug-likeness (QED) is 0.197. The zero-order chi connectivity index (χ0) is 26.8. The van der Waals surface area contributed by atoms with Crippen LogP contribution in [0.1, 0.15) is 111 Å². The highest BCUT2D eigenvalue weighted by Crippen LogP contribution is 2.61. The minimum atomic E-state index is -0.603. The van der Waals surface area contributed by atoms with Crippen LogP contribution in [0.4, 0.5) is 0 Å². The Balaban J connectivity index is 1.36. The van der Waals surface area contributed by atoms with E-state index < -0.39 is 18.3 Å². The predicted molar refractivity (Wildman–Crippen MR) is 154 cm³/mol. The van der Waals surface area contributed by atoms with Gasteiger partial charge in [-0.05, 0) is 105 Å². The molecule has 4 aliphatic carbocycles. The monoisotopic (exact) mass is 510 g/mol. The Morgan fingerprint density at radius 1 is 1.05 bits per heavy atom. The van der Waals surface area contributed by atoms with Gasteiger partial charge in [-0.3, -0.25) is 0 Å². The van der Waals surface area contributed by atoms with Gasteiger partial charge in [0.25, 0.3) is 0 Å². The normalized spacial score (nSPS) is 36.9. The van der Waals surface area contributed by atoms with Gasteiger partial charge in [0, 0.05) is 5.41 Å². The Hall–Kier alpha value is -1.16. The number of unbranched alkanes of at least 4 members (excludes halogenated alkanes) is 2. The lowest BCUT2D eigenvalue weighted by atomic mass is 9.58. The smallest absolute Gasteiger partial charge is 0.0814 e. The van der Waals surface area contributed by atoms with Crippen LogP contribution in [0.25, 0.3) is 0 Å². The zero-order valence-corrected chi connectivity index (χ0v) is 23.9. The molecule has 1 unspecified atom stereocenters. The van der Waals surface area contributed by atoms with E-state index in [2.05, 4.69) is 52.2 Å². The molecule has 4 rings (SSSR count). The molecule has 0 bridgehead atoms. The molecule has 4 saturated carbocycles. The second-order valence-electron chi connectivity index (χ2n) is 13.5. The molecule has 4 fully saturated rings. The number of fused-ring (bicyclic) bond motifs is 1. The molecular weight excluding hydrogens is 456 g/mol. The molecule has 8 atom stereocenters. The van der Waals surface area contributed by atoms with Crippen LogP contribution in [0.2, 0.25) is 0 Å². The van der Waals surface area contributed by atoms with Crippen molar-refractivity contribution in [3.05, 3.63) is 48.1 Å². The first-order valence-electron chi connectivity index (χ1n) is 15.4. The summed E-state index contributed by atoms with van der Waals surface area (Å²) in [6.07, 6.45) is 20.9. The first-order valence-corrected chi connectivity index (χ1v) is 15.4. The van der Waals surface area contributed by atoms with Crippen molar-refractivity contribution in [3.63, 3.8) is 0 Å². The van der Waals surface area contributed by atoms with Gasteiger partial charge in [0.15, 0.2) is 0 Å². The van der Waals surface area contributed by atoms with Crippen molar-refractivity contribution in [1.29, 1.82) is 0 Å². The van der Waals surface area contributed by atoms with Gasteiger partial charge >= 0.3 is 0 Å². The fourth-order valence-electron chi connectivity index (χ4n) is 8.51. The van der Waals surface area contributed by atoms with E-state index in [-0.39, 0.29) is 5.41 Å². The maximum Gasteiger partial charge on any atom is 0.0814 e. The van der Waals surface area contributed by atoms with Crippen molar-refractivity contribution in [2.75, 3.05) is 0 Å². The standard InChI is InChI=1S/C34H54O3/c1-6-7-8-10-24(3)34(19-20-34)32(37)17-12-23(2)28-15-16-29-27(11-9-18-33(28,29)5)14-13-26-21-30(35)25(4)31(36)22-26/h12-13,17,23,27-32,35-37H,3-4,6-11,14-16,18-22H2,1-2,5H3/b17-12+/t23-,27?,28-,29+,30-,31-,32-,33-/m1/s1. The number of aliphatic hydroxyl groups excluding tert-OH is 3. The fourth-order valence-corrected chi connectivity index (χ4v) is 8.51. The topological polar surface area (TPSA) is 60.7 Å². The van der Waals surface area contributed by atoms with Crippen molar-refractivity contribution in [1.82, 2.24) is 0 Å². The largest absolute Gasteiger partial charge is 0.388 e. The van der Waals surface area contributed by atoms with Crippen molar-refractivity contribution < 1.29 is 15.3 Å². The van der Waals surface area contributed by atoms with Gasteiger partial charge in [-0.25, -0.2) is 0 Å². The number of hydrogen-bond donors (Lipinski definition) is 3. The molecule has 3 heteroatoms. The number of hydrogen-bond acceptors (Lipinski definition) is 3. The molecule has 0 spiro atoms. The fraction of sp³-hybridized carbons (Fsp3) is 0.765. The summed E-state index contributed by atoms with van der Waals surface area (Å²) in [6.45, 7) is 15.4. The van der Waals surface area contributed by atoms with E-state index in [1.165, 1.54) is 62.5 Å². The van der Waals surface area contributed by atoms with Gasteiger partial charge in [-0.2, -0.15) is 0 Å². The number of rotatable bonds is 11. The molecular formula is C34H54O3. The van der Waals surface area contributed by atoms with Crippen molar-refractivity contribution in [3.8, 4) is 0 Å². The molecule has 0 aliphatic heterocycles. The highest BCUT2D eigenvalue weighted by atomic mass is 16.3. The Labute approximate surface area is 226 Å². The Kier molecular flexibility index (Phi) is 9.29. The third-order valence-electron chi connectivity index (χ3n) is 11.2. The van der Waals surface area contributed by atoms with Gasteiger partial charge in [0.2, 0.25) is 0 Å². The van der Waals surface area contributed by atoms with Crippen LogP contribution >= 0.6 is 0 Å². The highest BCUT2D eigenvalue weighted by Gasteiger charge is 2.52. The van der Waals surface area contributed by atoms with Crippen LogP contribution in [-0.4, -0.2) is 33.6 Å². The lowest BCUT2D eigenvalue weighted by Crippen LogP contribution is -2.38. The number of aliphatic hydroxyl groups is 3. The van der Waals surface area contributed by atoms with Gasteiger partial charge in [-0.15, -0.1) is 0 Å². The van der Waals surface area contributed by atoms with Crippen LogP contribution in [0.3, 0.4) is 0 Å². The zero-order valence-electron chi connectivity index (χ0n) is 23.9. The first kappa shape index (κ1) is 28.8. The second-order valence-corrected chi connectivity index (χ2v) is 13.5. The van der Waals surface area contributed by atoms with E-state index in [1.807, 2.05) is 0 Å². The summed E-state index contributed by atoms with van der Waals surface area (Å²) < 4.78 is 0. The molecule has 37 heavy (non-hydrogen) atoms. The van der Waals surface area contributed by atoms with Crippen LogP contribution < -0.4 is 0 Å². The van der Waals surface area contributed by atoms with Gasteiger partial charge in [0.05, 0.1) is 18.3 Å². The Morgan fingerprint density at radius 2 is 1.76 bits per heavy atom. The van der Waals surface area contributed by atoms with Crippen molar-refractivity contribution in [2.45, 2.75) is 129 Å². The minimum absolute atomic E-state index is 0.0534. The summed E-state index contributed by atoms with van der Waals surface area (Å²) in [5.74, 6) is 2.57. The van der Waals surface area contributed by atoms with E-state index in [1.54, 1.807) is 0 Å². The second kappa shape index (κ2) is 11.9. The lowest BCUT2D eigenvalue weighted by molar-refractivity contribution is 0.0389. The van der Waals surface area contributed by atoms with E-state index >= 15 is 0 Å². The van der Waals surface area contributed by atoms with Gasteiger partial charge in [-0.1, -0.05) is 82.6 Å². The summed E-state index contributed by atoms with van der Waals surface area (Å²) >= 11 is 0. The maximum absolute atomic E-state index is 11.1. The van der Waals surface area contributed by atoms with Crippen LogP contribution in [0.5, 0.6) is 0 Å². The van der Waals surface area contributed by atoms with Crippen molar-refractivity contribution in [2.24, 2.45) is 34.5 Å². The van der Waals surface area contributed by atoms with E-state index in [9.17, 15) is 15.3 Å². The molecule has 3 N–H and O–H groups in total. The Bertz CT molecular complexity index is 863. The average molecular weight is 511 g/mol. The molecule has 0 aromatic rings. The summed E-state index contributed by atoms with van der Waals surface area (Å²) in [4.78, 5) is 0. The molecule has 0 saturated heterocycles. The molecule has 4 aliphatic rings. The molecule has 0 radical (unpaired) electrons. The molecule has 0 aromatic carbocycles. The molecule has 208 valence electrons. The van der Waals surface area contributed by atoms with Gasteiger partial charge in [0.1, 0.15) is 0 Å². The minimum Gasteiger partial charge on any atom is -0.388 e. The lowest BCUT2D eigenvalue weighted by Gasteiger charge is -2.46. The van der Waals surface area contributed by atoms with Crippen LogP contribution in [0, 0.1) is 34.5 Å². The SMILES string of the molecule is C=C1[C@H](O)CC(=CCC2CCC[C@]3(C)[C@@H]([C@H](C)/C=C/[C@@H](O)C4(C(=C)CCCCC)CC4)CC[C@@H]23)C[C@H]1O. The molecule has 0 amide bonds. The van der Waals surface area contributed by atoms with Crippen LogP contribution in [0.15, 0.2) is 48.1 Å². The molecule has 3 nitrogen and oxygen atoms in total. The van der Waals surface area contributed by atoms with Crippen LogP contribution in [-0.2, 0) is 0 Å². The third kappa shape index (κ3) is 6.04. The summed E-state index contributed by atoms with van der Waals surface area (Å²) in [6, 6.07) is 0. The number of allylic oxidation sites excluding steroid dienone is 2. The highest BCUT2D eigenvalue weighted by molar-refractivity contribution is 5.25. The summed E-state index contributed by atoms with van der Waals surface area (Å²) in [5, 5.41) is 31.6. The summed E-state index contributed by atoms with van der Waals surface area (Å²) in [5.41, 5.74) is 3.34. The predicted octanol–water partition coefficient (Wildman–Crippen LogP) is 7.68. The molecule has 0 aromatic heterocycles. The summed E-state index contributed by atoms with van der Waals surface area (Å²) in [7, 11) is 0. The Morgan fingerprint density at radius 3 is 2.41 bits per heavy atom. The average Bonchev–Trinajstić information content (AvgIpc) is 3.60. The maximum atomic E-state index is 11.1. The van der Waals surface area contributed by atoms with E-state index in [0.717, 1.165) is 31.6 Å². The van der Waals surface area contributed by atoms with E-state index in [4.69, 9.17) is 0 Å².